The highest BCUT2D eigenvalue weighted by Gasteiger charge is 2.24. The smallest absolute Gasteiger partial charge is 0.261 e. The summed E-state index contributed by atoms with van der Waals surface area (Å²) >= 11 is 0. The van der Waals surface area contributed by atoms with Gasteiger partial charge in [-0.05, 0) is 60.9 Å². The number of benzene rings is 2. The van der Waals surface area contributed by atoms with Crippen molar-refractivity contribution in [3.05, 3.63) is 53.6 Å². The van der Waals surface area contributed by atoms with Crippen LogP contribution in [0.5, 0.6) is 0 Å². The van der Waals surface area contributed by atoms with Crippen molar-refractivity contribution in [1.29, 1.82) is 0 Å². The lowest BCUT2D eigenvalue weighted by Crippen LogP contribution is -2.35. The standard InChI is InChI=1S/C19H21N3O4S/c1-2-11-22-17-9-6-15(12-14(17)5-10-18(22)23)21-27(25,26)16-7-3-13(4-8-16)19(20)24/h3-4,6-9,12,21H,2,5,10-11H2,1H3,(H2,20,24). The van der Waals surface area contributed by atoms with E-state index in [-0.39, 0.29) is 16.4 Å². The van der Waals surface area contributed by atoms with E-state index in [9.17, 15) is 18.0 Å². The Morgan fingerprint density at radius 1 is 1.15 bits per heavy atom. The molecule has 8 heteroatoms. The van der Waals surface area contributed by atoms with Gasteiger partial charge in [0.05, 0.1) is 4.90 Å². The maximum absolute atomic E-state index is 12.6. The molecule has 0 bridgehead atoms. The Balaban J connectivity index is 1.85. The van der Waals surface area contributed by atoms with Gasteiger partial charge in [0.15, 0.2) is 0 Å². The van der Waals surface area contributed by atoms with Gasteiger partial charge in [0, 0.05) is 29.9 Å². The molecule has 2 aromatic carbocycles. The summed E-state index contributed by atoms with van der Waals surface area (Å²) in [5.41, 5.74) is 7.61. The Bertz CT molecular complexity index is 985. The van der Waals surface area contributed by atoms with Gasteiger partial charge in [0.2, 0.25) is 11.8 Å². The monoisotopic (exact) mass is 387 g/mol. The fourth-order valence-corrected chi connectivity index (χ4v) is 4.15. The third-order valence-corrected chi connectivity index (χ3v) is 5.83. The molecule has 0 spiro atoms. The third-order valence-electron chi connectivity index (χ3n) is 4.43. The first-order valence-electron chi connectivity index (χ1n) is 8.68. The average Bonchev–Trinajstić information content (AvgIpc) is 2.64. The van der Waals surface area contributed by atoms with E-state index < -0.39 is 15.9 Å². The molecule has 0 saturated heterocycles. The van der Waals surface area contributed by atoms with Gasteiger partial charge in [-0.2, -0.15) is 0 Å². The molecule has 0 atom stereocenters. The summed E-state index contributed by atoms with van der Waals surface area (Å²) in [5, 5.41) is 0. The van der Waals surface area contributed by atoms with E-state index in [1.807, 2.05) is 6.92 Å². The van der Waals surface area contributed by atoms with Crippen LogP contribution < -0.4 is 15.4 Å². The minimum atomic E-state index is -3.80. The van der Waals surface area contributed by atoms with Crippen molar-refractivity contribution in [1.82, 2.24) is 0 Å². The molecule has 0 radical (unpaired) electrons. The highest BCUT2D eigenvalue weighted by molar-refractivity contribution is 7.92. The van der Waals surface area contributed by atoms with E-state index in [1.54, 1.807) is 23.1 Å². The van der Waals surface area contributed by atoms with E-state index in [4.69, 9.17) is 5.73 Å². The predicted molar refractivity (Wildman–Crippen MR) is 103 cm³/mol. The number of nitrogens with zero attached hydrogens (tertiary/aromatic N) is 1. The lowest BCUT2D eigenvalue weighted by Gasteiger charge is -2.29. The molecule has 1 aliphatic rings. The van der Waals surface area contributed by atoms with Gasteiger partial charge in [-0.1, -0.05) is 6.92 Å². The van der Waals surface area contributed by atoms with Gasteiger partial charge < -0.3 is 10.6 Å². The Morgan fingerprint density at radius 3 is 2.48 bits per heavy atom. The van der Waals surface area contributed by atoms with E-state index in [0.29, 0.717) is 25.1 Å². The first-order chi connectivity index (χ1) is 12.8. The van der Waals surface area contributed by atoms with Crippen LogP contribution in [0.15, 0.2) is 47.4 Å². The quantitative estimate of drug-likeness (QED) is 0.792. The topological polar surface area (TPSA) is 110 Å². The number of hydrogen-bond donors (Lipinski definition) is 2. The van der Waals surface area contributed by atoms with Crippen molar-refractivity contribution in [2.75, 3.05) is 16.2 Å². The number of aryl methyl sites for hydroxylation is 1. The number of hydrogen-bond acceptors (Lipinski definition) is 4. The molecule has 7 nitrogen and oxygen atoms in total. The van der Waals surface area contributed by atoms with Crippen molar-refractivity contribution in [3.8, 4) is 0 Å². The summed E-state index contributed by atoms with van der Waals surface area (Å²) in [7, 11) is -3.80. The molecule has 0 unspecified atom stereocenters. The molecule has 1 heterocycles. The van der Waals surface area contributed by atoms with Crippen LogP contribution in [0.3, 0.4) is 0 Å². The number of rotatable bonds is 6. The first-order valence-corrected chi connectivity index (χ1v) is 10.2. The van der Waals surface area contributed by atoms with E-state index in [0.717, 1.165) is 17.7 Å². The van der Waals surface area contributed by atoms with Crippen molar-refractivity contribution in [2.24, 2.45) is 5.73 Å². The van der Waals surface area contributed by atoms with Crippen LogP contribution in [0.2, 0.25) is 0 Å². The van der Waals surface area contributed by atoms with Crippen molar-refractivity contribution < 1.29 is 18.0 Å². The Morgan fingerprint density at radius 2 is 1.85 bits per heavy atom. The van der Waals surface area contributed by atoms with Gasteiger partial charge in [0.1, 0.15) is 0 Å². The molecular formula is C19H21N3O4S. The molecule has 0 saturated carbocycles. The Kier molecular flexibility index (Phi) is 5.18. The molecule has 0 aromatic heterocycles. The summed E-state index contributed by atoms with van der Waals surface area (Å²) in [6, 6.07) is 10.6. The normalized spacial score (nSPS) is 14.0. The van der Waals surface area contributed by atoms with E-state index >= 15 is 0 Å². The first kappa shape index (κ1) is 18.9. The molecule has 0 fully saturated rings. The fraction of sp³-hybridized carbons (Fsp3) is 0.263. The lowest BCUT2D eigenvalue weighted by atomic mass is 10.0. The van der Waals surface area contributed by atoms with Gasteiger partial charge in [-0.15, -0.1) is 0 Å². The molecule has 2 aromatic rings. The molecule has 1 aliphatic heterocycles. The summed E-state index contributed by atoms with van der Waals surface area (Å²) in [6.07, 6.45) is 1.84. The number of carbonyl (C=O) groups excluding carboxylic acids is 2. The molecule has 142 valence electrons. The molecule has 2 amide bonds. The second kappa shape index (κ2) is 7.40. The van der Waals surface area contributed by atoms with Crippen LogP contribution >= 0.6 is 0 Å². The number of anilines is 2. The van der Waals surface area contributed by atoms with Gasteiger partial charge in [-0.25, -0.2) is 8.42 Å². The van der Waals surface area contributed by atoms with Crippen LogP contribution in [0, 0.1) is 0 Å². The maximum Gasteiger partial charge on any atom is 0.261 e. The van der Waals surface area contributed by atoms with Crippen LogP contribution in [0.25, 0.3) is 0 Å². The highest BCUT2D eigenvalue weighted by atomic mass is 32.2. The molecular weight excluding hydrogens is 366 g/mol. The number of nitrogens with one attached hydrogen (secondary N) is 1. The predicted octanol–water partition coefficient (Wildman–Crippen LogP) is 2.28. The zero-order valence-corrected chi connectivity index (χ0v) is 15.8. The minimum absolute atomic E-state index is 0.0352. The van der Waals surface area contributed by atoms with Crippen molar-refractivity contribution >= 4 is 33.2 Å². The lowest BCUT2D eigenvalue weighted by molar-refractivity contribution is -0.118. The Labute approximate surface area is 158 Å². The minimum Gasteiger partial charge on any atom is -0.366 e. The SMILES string of the molecule is CCCN1C(=O)CCc2cc(NS(=O)(=O)c3ccc(C(N)=O)cc3)ccc21. The number of carbonyl (C=O) groups is 2. The van der Waals surface area contributed by atoms with Crippen LogP contribution in [0.4, 0.5) is 11.4 Å². The van der Waals surface area contributed by atoms with Crippen LogP contribution in [-0.2, 0) is 21.2 Å². The number of fused-ring (bicyclic) bond motifs is 1. The van der Waals surface area contributed by atoms with Crippen LogP contribution in [-0.4, -0.2) is 26.8 Å². The molecule has 3 N–H and O–H groups in total. The Hall–Kier alpha value is -2.87. The second-order valence-corrected chi connectivity index (χ2v) is 8.07. The molecule has 3 rings (SSSR count). The number of sulfonamides is 1. The zero-order valence-electron chi connectivity index (χ0n) is 14.9. The summed E-state index contributed by atoms with van der Waals surface area (Å²) in [5.74, 6) is -0.528. The molecule has 0 aliphatic carbocycles. The zero-order chi connectivity index (χ0) is 19.6. The van der Waals surface area contributed by atoms with Gasteiger partial charge in [0.25, 0.3) is 10.0 Å². The summed E-state index contributed by atoms with van der Waals surface area (Å²) in [4.78, 5) is 25.0. The summed E-state index contributed by atoms with van der Waals surface area (Å²) < 4.78 is 27.7. The number of amides is 2. The van der Waals surface area contributed by atoms with Gasteiger partial charge >= 0.3 is 0 Å². The number of nitrogens with two attached hydrogens (primary N) is 1. The third kappa shape index (κ3) is 3.95. The maximum atomic E-state index is 12.6. The summed E-state index contributed by atoms with van der Waals surface area (Å²) in [6.45, 7) is 2.65. The second-order valence-electron chi connectivity index (χ2n) is 6.38. The highest BCUT2D eigenvalue weighted by Crippen LogP contribution is 2.31. The largest absolute Gasteiger partial charge is 0.366 e. The van der Waals surface area contributed by atoms with Crippen LogP contribution in [0.1, 0.15) is 35.7 Å². The van der Waals surface area contributed by atoms with Crippen molar-refractivity contribution in [2.45, 2.75) is 31.1 Å². The van der Waals surface area contributed by atoms with E-state index in [2.05, 4.69) is 4.72 Å². The molecule has 27 heavy (non-hydrogen) atoms. The number of primary amides is 1. The van der Waals surface area contributed by atoms with Gasteiger partial charge in [-0.3, -0.25) is 14.3 Å². The fourth-order valence-electron chi connectivity index (χ4n) is 3.10. The average molecular weight is 387 g/mol. The van der Waals surface area contributed by atoms with Crippen molar-refractivity contribution in [3.63, 3.8) is 0 Å². The van der Waals surface area contributed by atoms with E-state index in [1.165, 1.54) is 24.3 Å².